The third kappa shape index (κ3) is 2.40. The van der Waals surface area contributed by atoms with Gasteiger partial charge in [-0.1, -0.05) is 23.7 Å². The third-order valence-electron chi connectivity index (χ3n) is 2.64. The molecule has 2 aromatic rings. The Labute approximate surface area is 115 Å². The van der Waals surface area contributed by atoms with Gasteiger partial charge in [0.2, 0.25) is 0 Å². The summed E-state index contributed by atoms with van der Waals surface area (Å²) in [6.07, 6.45) is 0. The van der Waals surface area contributed by atoms with E-state index < -0.39 is 0 Å². The van der Waals surface area contributed by atoms with E-state index in [1.807, 2.05) is 36.6 Å². The lowest BCUT2D eigenvalue weighted by Crippen LogP contribution is -2.02. The molecule has 0 saturated carbocycles. The summed E-state index contributed by atoms with van der Waals surface area (Å²) in [7, 11) is 0. The average Bonchev–Trinajstić information content (AvgIpc) is 2.87. The molecule has 90 valence electrons. The number of allylic oxidation sites excluding steroid dienone is 1. The van der Waals surface area contributed by atoms with Crippen LogP contribution in [0.1, 0.15) is 16.0 Å². The summed E-state index contributed by atoms with van der Waals surface area (Å²) < 4.78 is 0. The zero-order valence-corrected chi connectivity index (χ0v) is 11.3. The molecule has 0 atom stereocenters. The molecule has 18 heavy (non-hydrogen) atoms. The van der Waals surface area contributed by atoms with Crippen LogP contribution in [0, 0.1) is 18.3 Å². The molecule has 0 aliphatic heterocycles. The van der Waals surface area contributed by atoms with Gasteiger partial charge in [0.1, 0.15) is 6.07 Å². The van der Waals surface area contributed by atoms with Gasteiger partial charge in [-0.05, 0) is 36.1 Å². The Hall–Kier alpha value is -1.76. The maximum Gasteiger partial charge on any atom is 0.103 e. The molecular formula is C14H11ClN2S. The van der Waals surface area contributed by atoms with E-state index in [4.69, 9.17) is 17.3 Å². The van der Waals surface area contributed by atoms with Crippen molar-refractivity contribution in [2.24, 2.45) is 5.73 Å². The molecule has 2 N–H and O–H groups in total. The molecule has 0 saturated heterocycles. The van der Waals surface area contributed by atoms with Crippen LogP contribution in [0.3, 0.4) is 0 Å². The van der Waals surface area contributed by atoms with E-state index in [0.29, 0.717) is 16.3 Å². The minimum absolute atomic E-state index is 0.472. The van der Waals surface area contributed by atoms with Crippen LogP contribution in [0.25, 0.3) is 11.3 Å². The van der Waals surface area contributed by atoms with Crippen molar-refractivity contribution < 1.29 is 0 Å². The second kappa shape index (κ2) is 5.26. The molecule has 0 unspecified atom stereocenters. The second-order valence-corrected chi connectivity index (χ2v) is 5.22. The summed E-state index contributed by atoms with van der Waals surface area (Å²) in [5, 5.41) is 11.8. The first-order valence-electron chi connectivity index (χ1n) is 5.33. The first-order valence-corrected chi connectivity index (χ1v) is 6.59. The fraction of sp³-hybridized carbons (Fsp3) is 0.0714. The third-order valence-corrected chi connectivity index (χ3v) is 3.76. The molecule has 0 bridgehead atoms. The molecule has 0 aliphatic rings. The first kappa shape index (κ1) is 12.7. The molecule has 0 spiro atoms. The number of hydrogen-bond donors (Lipinski definition) is 1. The van der Waals surface area contributed by atoms with Crippen molar-refractivity contribution in [2.75, 3.05) is 0 Å². The van der Waals surface area contributed by atoms with Crippen LogP contribution in [0.15, 0.2) is 35.7 Å². The van der Waals surface area contributed by atoms with Crippen molar-refractivity contribution in [3.05, 3.63) is 56.7 Å². The van der Waals surface area contributed by atoms with Crippen LogP contribution in [-0.2, 0) is 0 Å². The summed E-state index contributed by atoms with van der Waals surface area (Å²) >= 11 is 7.47. The molecule has 0 fully saturated rings. The van der Waals surface area contributed by atoms with Gasteiger partial charge in [0.25, 0.3) is 0 Å². The normalized spacial score (nSPS) is 11.8. The lowest BCUT2D eigenvalue weighted by Gasteiger charge is -2.08. The summed E-state index contributed by atoms with van der Waals surface area (Å²) in [6.45, 7) is 1.95. The van der Waals surface area contributed by atoms with Crippen LogP contribution >= 0.6 is 22.9 Å². The maximum atomic E-state index is 9.28. The van der Waals surface area contributed by atoms with Gasteiger partial charge in [0.05, 0.1) is 11.3 Å². The van der Waals surface area contributed by atoms with Gasteiger partial charge in [0.15, 0.2) is 0 Å². The SMILES string of the molecule is Cc1ccc(Cl)cc1/C(N)=C(/C#N)c1cccs1. The van der Waals surface area contributed by atoms with E-state index in [0.717, 1.165) is 16.0 Å². The van der Waals surface area contributed by atoms with Gasteiger partial charge in [0, 0.05) is 15.5 Å². The number of aryl methyl sites for hydroxylation is 1. The Kier molecular flexibility index (Phi) is 3.71. The molecule has 0 radical (unpaired) electrons. The Morgan fingerprint density at radius 2 is 2.17 bits per heavy atom. The van der Waals surface area contributed by atoms with E-state index in [9.17, 15) is 5.26 Å². The largest absolute Gasteiger partial charge is 0.397 e. The predicted octanol–water partition coefficient (Wildman–Crippen LogP) is 4.06. The number of nitriles is 1. The molecule has 0 amide bonds. The number of hydrogen-bond acceptors (Lipinski definition) is 3. The zero-order valence-electron chi connectivity index (χ0n) is 9.77. The maximum absolute atomic E-state index is 9.28. The molecule has 0 aliphatic carbocycles. The molecular weight excluding hydrogens is 264 g/mol. The van der Waals surface area contributed by atoms with Crippen molar-refractivity contribution in [1.29, 1.82) is 5.26 Å². The highest BCUT2D eigenvalue weighted by atomic mass is 35.5. The Morgan fingerprint density at radius 1 is 1.39 bits per heavy atom. The van der Waals surface area contributed by atoms with Gasteiger partial charge >= 0.3 is 0 Å². The van der Waals surface area contributed by atoms with E-state index >= 15 is 0 Å². The smallest absolute Gasteiger partial charge is 0.103 e. The van der Waals surface area contributed by atoms with Crippen molar-refractivity contribution in [1.82, 2.24) is 0 Å². The number of benzene rings is 1. The van der Waals surface area contributed by atoms with Gasteiger partial charge in [-0.2, -0.15) is 5.26 Å². The molecule has 2 nitrogen and oxygen atoms in total. The number of rotatable bonds is 2. The number of halogens is 1. The van der Waals surface area contributed by atoms with E-state index in [2.05, 4.69) is 6.07 Å². The summed E-state index contributed by atoms with van der Waals surface area (Å²) in [6, 6.07) is 11.5. The van der Waals surface area contributed by atoms with Crippen molar-refractivity contribution in [3.8, 4) is 6.07 Å². The van der Waals surface area contributed by atoms with Crippen LogP contribution < -0.4 is 5.73 Å². The quantitative estimate of drug-likeness (QED) is 0.840. The summed E-state index contributed by atoms with van der Waals surface area (Å²) in [5.41, 5.74) is 8.90. The van der Waals surface area contributed by atoms with Crippen molar-refractivity contribution in [2.45, 2.75) is 6.92 Å². The highest BCUT2D eigenvalue weighted by Crippen LogP contribution is 2.28. The number of nitrogens with zero attached hydrogens (tertiary/aromatic N) is 1. The van der Waals surface area contributed by atoms with Crippen LogP contribution in [0.5, 0.6) is 0 Å². The highest BCUT2D eigenvalue weighted by Gasteiger charge is 2.11. The lowest BCUT2D eigenvalue weighted by atomic mass is 10.0. The fourth-order valence-corrected chi connectivity index (χ4v) is 2.59. The average molecular weight is 275 g/mol. The Bertz CT molecular complexity index is 636. The van der Waals surface area contributed by atoms with Gasteiger partial charge in [-0.3, -0.25) is 0 Å². The monoisotopic (exact) mass is 274 g/mol. The van der Waals surface area contributed by atoms with E-state index in [-0.39, 0.29) is 0 Å². The summed E-state index contributed by atoms with van der Waals surface area (Å²) in [5.74, 6) is 0. The van der Waals surface area contributed by atoms with E-state index in [1.54, 1.807) is 6.07 Å². The molecule has 4 heteroatoms. The number of nitrogens with two attached hydrogens (primary N) is 1. The van der Waals surface area contributed by atoms with Crippen LogP contribution in [0.2, 0.25) is 5.02 Å². The van der Waals surface area contributed by atoms with Crippen LogP contribution in [0.4, 0.5) is 0 Å². The molecule has 2 rings (SSSR count). The summed E-state index contributed by atoms with van der Waals surface area (Å²) in [4.78, 5) is 0.870. The Morgan fingerprint density at radius 3 is 2.78 bits per heavy atom. The lowest BCUT2D eigenvalue weighted by molar-refractivity contribution is 1.39. The van der Waals surface area contributed by atoms with Gasteiger partial charge in [-0.15, -0.1) is 11.3 Å². The van der Waals surface area contributed by atoms with Crippen molar-refractivity contribution in [3.63, 3.8) is 0 Å². The number of thiophene rings is 1. The molecule has 1 aromatic heterocycles. The fourth-order valence-electron chi connectivity index (χ4n) is 1.69. The minimum atomic E-state index is 0.472. The van der Waals surface area contributed by atoms with Crippen molar-refractivity contribution >= 4 is 34.2 Å². The zero-order chi connectivity index (χ0) is 13.1. The van der Waals surface area contributed by atoms with Crippen LogP contribution in [-0.4, -0.2) is 0 Å². The standard InChI is InChI=1S/C14H11ClN2S/c1-9-4-5-10(15)7-11(9)14(17)12(8-16)13-3-2-6-18-13/h2-7H,17H2,1H3/b14-12+. The molecule has 1 heterocycles. The highest BCUT2D eigenvalue weighted by molar-refractivity contribution is 7.11. The van der Waals surface area contributed by atoms with E-state index in [1.165, 1.54) is 11.3 Å². The van der Waals surface area contributed by atoms with Gasteiger partial charge in [-0.25, -0.2) is 0 Å². The topological polar surface area (TPSA) is 49.8 Å². The molecule has 1 aromatic carbocycles. The second-order valence-electron chi connectivity index (χ2n) is 3.84. The predicted molar refractivity (Wildman–Crippen MR) is 77.1 cm³/mol. The minimum Gasteiger partial charge on any atom is -0.397 e. The van der Waals surface area contributed by atoms with Gasteiger partial charge < -0.3 is 5.73 Å². The Balaban J connectivity index is 2.62. The first-order chi connectivity index (χ1) is 8.63.